The van der Waals surface area contributed by atoms with Crippen molar-refractivity contribution in [1.82, 2.24) is 0 Å². The molecule has 0 radical (unpaired) electrons. The van der Waals surface area contributed by atoms with Crippen LogP contribution in [0.3, 0.4) is 0 Å². The number of amides is 1. The molecule has 0 aliphatic rings. The molecule has 6 heteroatoms. The fourth-order valence-corrected chi connectivity index (χ4v) is 3.93. The van der Waals surface area contributed by atoms with E-state index in [-0.39, 0.29) is 23.5 Å². The summed E-state index contributed by atoms with van der Waals surface area (Å²) in [6.07, 6.45) is 0.995. The largest absolute Gasteiger partial charge is 0.328 e. The van der Waals surface area contributed by atoms with Gasteiger partial charge in [0, 0.05) is 5.56 Å². The summed E-state index contributed by atoms with van der Waals surface area (Å²) in [7, 11) is 0. The molecule has 1 aromatic heterocycles. The van der Waals surface area contributed by atoms with Gasteiger partial charge in [0.1, 0.15) is 11.9 Å². The fraction of sp³-hybridized carbons (Fsp3) is 0.190. The Hall–Kier alpha value is -2.21. The lowest BCUT2D eigenvalue weighted by molar-refractivity contribution is -0.675. The molecule has 0 aliphatic heterocycles. The number of thiophene rings is 1. The average molecular weight is 404 g/mol. The van der Waals surface area contributed by atoms with Crippen LogP contribution >= 0.6 is 22.9 Å². The summed E-state index contributed by atoms with van der Waals surface area (Å²) in [4.78, 5) is 13.6. The maximum absolute atomic E-state index is 13.1. The highest BCUT2D eigenvalue weighted by molar-refractivity contribution is 7.10. The van der Waals surface area contributed by atoms with Crippen LogP contribution in [-0.2, 0) is 11.2 Å². The van der Waals surface area contributed by atoms with Crippen LogP contribution in [0.15, 0.2) is 60.0 Å². The van der Waals surface area contributed by atoms with E-state index in [0.29, 0.717) is 5.69 Å². The first kappa shape index (κ1) is 19.5. The predicted octanol–water partition coefficient (Wildman–Crippen LogP) is 4.39. The van der Waals surface area contributed by atoms with Gasteiger partial charge >= 0.3 is 0 Å². The van der Waals surface area contributed by atoms with Crippen molar-refractivity contribution in [2.75, 3.05) is 11.9 Å². The number of hydrogen-bond donors (Lipinski definition) is 2. The van der Waals surface area contributed by atoms with Gasteiger partial charge in [0.25, 0.3) is 5.91 Å². The number of nitrogens with two attached hydrogens (primary N) is 1. The molecule has 3 aromatic rings. The summed E-state index contributed by atoms with van der Waals surface area (Å²) in [5, 5.41) is 6.97. The SMILES string of the molecule is CCc1ccc([C@H]([NH2+]CC(=O)Nc2ccc(F)cc2Cl)c2cccs2)cc1. The van der Waals surface area contributed by atoms with Crippen molar-refractivity contribution in [3.05, 3.63) is 86.8 Å². The second-order valence-electron chi connectivity index (χ2n) is 6.20. The van der Waals surface area contributed by atoms with E-state index < -0.39 is 5.82 Å². The van der Waals surface area contributed by atoms with Crippen LogP contribution in [0.2, 0.25) is 5.02 Å². The number of anilines is 1. The Morgan fingerprint density at radius 2 is 2.00 bits per heavy atom. The molecule has 0 spiro atoms. The van der Waals surface area contributed by atoms with Crippen LogP contribution in [0.1, 0.15) is 29.0 Å². The number of rotatable bonds is 7. The molecular formula is C21H21ClFN2OS+. The van der Waals surface area contributed by atoms with Gasteiger partial charge in [-0.1, -0.05) is 48.9 Å². The topological polar surface area (TPSA) is 45.7 Å². The molecule has 27 heavy (non-hydrogen) atoms. The highest BCUT2D eigenvalue weighted by atomic mass is 35.5. The zero-order valence-corrected chi connectivity index (χ0v) is 16.5. The van der Waals surface area contributed by atoms with Crippen molar-refractivity contribution in [2.24, 2.45) is 0 Å². The molecule has 0 fully saturated rings. The van der Waals surface area contributed by atoms with Crippen LogP contribution in [0.25, 0.3) is 0 Å². The van der Waals surface area contributed by atoms with Gasteiger partial charge in [0.2, 0.25) is 0 Å². The molecule has 0 unspecified atom stereocenters. The first-order chi connectivity index (χ1) is 13.1. The lowest BCUT2D eigenvalue weighted by atomic mass is 10.0. The Kier molecular flexibility index (Phi) is 6.61. The second-order valence-corrected chi connectivity index (χ2v) is 7.59. The molecule has 3 rings (SSSR count). The number of hydrogen-bond acceptors (Lipinski definition) is 2. The van der Waals surface area contributed by atoms with E-state index >= 15 is 0 Å². The second kappa shape index (κ2) is 9.13. The minimum Gasteiger partial charge on any atom is -0.328 e. The minimum atomic E-state index is -0.433. The van der Waals surface area contributed by atoms with Crippen LogP contribution in [-0.4, -0.2) is 12.5 Å². The van der Waals surface area contributed by atoms with E-state index in [0.717, 1.165) is 12.0 Å². The van der Waals surface area contributed by atoms with Crippen molar-refractivity contribution in [3.8, 4) is 0 Å². The summed E-state index contributed by atoms with van der Waals surface area (Å²) < 4.78 is 13.1. The molecule has 140 valence electrons. The van der Waals surface area contributed by atoms with Crippen molar-refractivity contribution >= 4 is 34.5 Å². The monoisotopic (exact) mass is 403 g/mol. The van der Waals surface area contributed by atoms with E-state index in [2.05, 4.69) is 42.6 Å². The minimum absolute atomic E-state index is 0.0466. The maximum Gasteiger partial charge on any atom is 0.279 e. The lowest BCUT2D eigenvalue weighted by Crippen LogP contribution is -2.87. The molecule has 1 atom stereocenters. The number of halogens is 2. The van der Waals surface area contributed by atoms with Gasteiger partial charge in [-0.3, -0.25) is 4.79 Å². The third kappa shape index (κ3) is 5.16. The van der Waals surface area contributed by atoms with E-state index in [4.69, 9.17) is 11.6 Å². The highest BCUT2D eigenvalue weighted by Gasteiger charge is 2.20. The Labute approximate surface area is 167 Å². The number of carbonyl (C=O) groups is 1. The summed E-state index contributed by atoms with van der Waals surface area (Å²) in [5.41, 5.74) is 2.85. The van der Waals surface area contributed by atoms with Crippen molar-refractivity contribution in [3.63, 3.8) is 0 Å². The summed E-state index contributed by atoms with van der Waals surface area (Å²) in [6, 6.07) is 16.6. The smallest absolute Gasteiger partial charge is 0.279 e. The van der Waals surface area contributed by atoms with Crippen LogP contribution < -0.4 is 10.6 Å². The average Bonchev–Trinajstić information content (AvgIpc) is 3.19. The Morgan fingerprint density at radius 3 is 2.63 bits per heavy atom. The summed E-state index contributed by atoms with van der Waals surface area (Å²) in [6.45, 7) is 2.36. The molecule has 0 saturated carbocycles. The first-order valence-corrected chi connectivity index (χ1v) is 10.0. The molecular weight excluding hydrogens is 383 g/mol. The zero-order valence-electron chi connectivity index (χ0n) is 14.9. The Balaban J connectivity index is 1.70. The van der Waals surface area contributed by atoms with Crippen LogP contribution in [0.4, 0.5) is 10.1 Å². The van der Waals surface area contributed by atoms with Crippen molar-refractivity contribution < 1.29 is 14.5 Å². The molecule has 3 nitrogen and oxygen atoms in total. The number of nitrogens with one attached hydrogen (secondary N) is 1. The predicted molar refractivity (Wildman–Crippen MR) is 109 cm³/mol. The molecule has 2 aromatic carbocycles. The standard InChI is InChI=1S/C21H20ClFN2OS/c1-2-14-5-7-15(8-6-14)21(19-4-3-11-27-19)24-13-20(26)25-18-10-9-16(23)12-17(18)22/h3-12,21,24H,2,13H2,1H3,(H,25,26)/p+1/t21-/m0/s1. The highest BCUT2D eigenvalue weighted by Crippen LogP contribution is 2.24. The van der Waals surface area contributed by atoms with Gasteiger partial charge < -0.3 is 10.6 Å². The van der Waals surface area contributed by atoms with Gasteiger partial charge in [-0.05, 0) is 41.6 Å². The molecule has 0 saturated heterocycles. The number of aryl methyl sites for hydroxylation is 1. The van der Waals surface area contributed by atoms with Crippen molar-refractivity contribution in [1.29, 1.82) is 0 Å². The third-order valence-corrected chi connectivity index (χ3v) is 5.61. The fourth-order valence-electron chi connectivity index (χ4n) is 2.86. The molecule has 1 amide bonds. The van der Waals surface area contributed by atoms with Gasteiger partial charge in [-0.2, -0.15) is 0 Å². The molecule has 0 bridgehead atoms. The maximum atomic E-state index is 13.1. The van der Waals surface area contributed by atoms with E-state index in [1.165, 1.54) is 28.6 Å². The molecule has 1 heterocycles. The van der Waals surface area contributed by atoms with Crippen molar-refractivity contribution in [2.45, 2.75) is 19.4 Å². The first-order valence-electron chi connectivity index (χ1n) is 8.77. The van der Waals surface area contributed by atoms with E-state index in [1.54, 1.807) is 11.3 Å². The van der Waals surface area contributed by atoms with Gasteiger partial charge in [0.15, 0.2) is 6.54 Å². The molecule has 3 N–H and O–H groups in total. The van der Waals surface area contributed by atoms with Gasteiger partial charge in [-0.15, -0.1) is 11.3 Å². The van der Waals surface area contributed by atoms with Gasteiger partial charge in [0.05, 0.1) is 15.6 Å². The Morgan fingerprint density at radius 1 is 1.22 bits per heavy atom. The number of carbonyl (C=O) groups excluding carboxylic acids is 1. The molecule has 0 aliphatic carbocycles. The van der Waals surface area contributed by atoms with Gasteiger partial charge in [-0.25, -0.2) is 4.39 Å². The van der Waals surface area contributed by atoms with E-state index in [9.17, 15) is 9.18 Å². The number of benzene rings is 2. The summed E-state index contributed by atoms with van der Waals surface area (Å²) >= 11 is 7.65. The third-order valence-electron chi connectivity index (χ3n) is 4.34. The number of quaternary nitrogens is 1. The summed E-state index contributed by atoms with van der Waals surface area (Å²) in [5.74, 6) is -0.618. The Bertz CT molecular complexity index is 897. The van der Waals surface area contributed by atoms with E-state index in [1.807, 2.05) is 16.8 Å². The lowest BCUT2D eigenvalue weighted by Gasteiger charge is -2.15. The van der Waals surface area contributed by atoms with Crippen LogP contribution in [0.5, 0.6) is 0 Å². The normalized spacial score (nSPS) is 12.0. The zero-order chi connectivity index (χ0) is 19.2. The van der Waals surface area contributed by atoms with Crippen LogP contribution in [0, 0.1) is 5.82 Å². The quantitative estimate of drug-likeness (QED) is 0.603.